The van der Waals surface area contributed by atoms with Crippen molar-refractivity contribution in [1.82, 2.24) is 9.80 Å². The normalized spacial score (nSPS) is 25.1. The first kappa shape index (κ1) is 15.2. The third-order valence-electron chi connectivity index (χ3n) is 3.53. The summed E-state index contributed by atoms with van der Waals surface area (Å²) >= 11 is 0. The highest BCUT2D eigenvalue weighted by molar-refractivity contribution is 5.77. The van der Waals surface area contributed by atoms with E-state index in [1.165, 1.54) is 0 Å². The predicted octanol–water partition coefficient (Wildman–Crippen LogP) is 1.12. The lowest BCUT2D eigenvalue weighted by Gasteiger charge is -2.43. The molecular formula is C14H26N2O2. The van der Waals surface area contributed by atoms with Gasteiger partial charge in [0.25, 0.3) is 0 Å². The molecule has 0 spiro atoms. The van der Waals surface area contributed by atoms with Crippen LogP contribution in [0.5, 0.6) is 0 Å². The minimum Gasteiger partial charge on any atom is -0.396 e. The van der Waals surface area contributed by atoms with Crippen LogP contribution in [-0.2, 0) is 4.79 Å². The molecule has 1 unspecified atom stereocenters. The van der Waals surface area contributed by atoms with Crippen LogP contribution >= 0.6 is 0 Å². The number of likely N-dealkylation sites (tertiary alicyclic amines) is 1. The lowest BCUT2D eigenvalue weighted by molar-refractivity contribution is -0.135. The number of rotatable bonds is 5. The van der Waals surface area contributed by atoms with E-state index in [1.807, 2.05) is 38.1 Å². The van der Waals surface area contributed by atoms with Gasteiger partial charge in [0.15, 0.2) is 0 Å². The van der Waals surface area contributed by atoms with Gasteiger partial charge in [-0.05, 0) is 33.9 Å². The molecule has 4 heteroatoms. The molecule has 1 rings (SSSR count). The van der Waals surface area contributed by atoms with E-state index in [0.717, 1.165) is 25.9 Å². The van der Waals surface area contributed by atoms with Crippen LogP contribution in [0.15, 0.2) is 12.2 Å². The van der Waals surface area contributed by atoms with Gasteiger partial charge in [0.1, 0.15) is 0 Å². The molecule has 4 nitrogen and oxygen atoms in total. The highest BCUT2D eigenvalue weighted by Gasteiger charge is 2.36. The van der Waals surface area contributed by atoms with Gasteiger partial charge in [0, 0.05) is 31.5 Å². The molecule has 0 bridgehead atoms. The molecule has 1 aliphatic rings. The molecule has 0 radical (unpaired) electrons. The fourth-order valence-corrected chi connectivity index (χ4v) is 2.75. The number of hydrogen-bond acceptors (Lipinski definition) is 3. The summed E-state index contributed by atoms with van der Waals surface area (Å²) < 4.78 is 0. The molecule has 0 aromatic heterocycles. The van der Waals surface area contributed by atoms with E-state index in [4.69, 9.17) is 0 Å². The van der Waals surface area contributed by atoms with Gasteiger partial charge in [-0.3, -0.25) is 4.79 Å². The Balaban J connectivity index is 2.65. The topological polar surface area (TPSA) is 43.8 Å². The summed E-state index contributed by atoms with van der Waals surface area (Å²) in [6, 6.07) is 0. The second-order valence-corrected chi connectivity index (χ2v) is 5.59. The molecule has 0 aliphatic carbocycles. The lowest BCUT2D eigenvalue weighted by atomic mass is 9.80. The van der Waals surface area contributed by atoms with Crippen molar-refractivity contribution in [1.29, 1.82) is 0 Å². The van der Waals surface area contributed by atoms with E-state index in [0.29, 0.717) is 13.0 Å². The Labute approximate surface area is 110 Å². The van der Waals surface area contributed by atoms with Crippen LogP contribution in [0.3, 0.4) is 0 Å². The van der Waals surface area contributed by atoms with Crippen molar-refractivity contribution in [3.05, 3.63) is 12.2 Å². The molecule has 0 aromatic rings. The fourth-order valence-electron chi connectivity index (χ4n) is 2.75. The molecule has 1 saturated heterocycles. The smallest absolute Gasteiger partial charge is 0.226 e. The van der Waals surface area contributed by atoms with Crippen LogP contribution in [0, 0.1) is 5.41 Å². The Bertz CT molecular complexity index is 302. The number of hydrogen-bond donors (Lipinski definition) is 1. The van der Waals surface area contributed by atoms with Gasteiger partial charge in [-0.25, -0.2) is 0 Å². The average Bonchev–Trinajstić information content (AvgIpc) is 2.35. The van der Waals surface area contributed by atoms with Crippen LogP contribution in [0.25, 0.3) is 0 Å². The summed E-state index contributed by atoms with van der Waals surface area (Å²) in [6.07, 6.45) is 6.25. The van der Waals surface area contributed by atoms with Gasteiger partial charge in [-0.1, -0.05) is 12.2 Å². The van der Waals surface area contributed by atoms with Gasteiger partial charge in [0.05, 0.1) is 6.61 Å². The number of amides is 1. The Morgan fingerprint density at radius 1 is 1.50 bits per heavy atom. The van der Waals surface area contributed by atoms with E-state index < -0.39 is 0 Å². The number of carbonyl (C=O) groups excluding carboxylic acids is 1. The number of aliphatic hydroxyl groups excluding tert-OH is 1. The molecular weight excluding hydrogens is 228 g/mol. The molecule has 18 heavy (non-hydrogen) atoms. The van der Waals surface area contributed by atoms with Crippen LogP contribution in [-0.4, -0.2) is 61.2 Å². The van der Waals surface area contributed by atoms with Gasteiger partial charge in [-0.2, -0.15) is 0 Å². The second-order valence-electron chi connectivity index (χ2n) is 5.59. The van der Waals surface area contributed by atoms with Crippen LogP contribution in [0.4, 0.5) is 0 Å². The number of nitrogens with zero attached hydrogens (tertiary/aromatic N) is 2. The van der Waals surface area contributed by atoms with E-state index >= 15 is 0 Å². The molecule has 1 aliphatic heterocycles. The molecule has 1 fully saturated rings. The first-order valence-electron chi connectivity index (χ1n) is 6.67. The summed E-state index contributed by atoms with van der Waals surface area (Å²) in [5, 5.41) is 9.69. The van der Waals surface area contributed by atoms with Crippen molar-refractivity contribution < 1.29 is 9.90 Å². The number of allylic oxidation sites excluding steroid dienone is 1. The highest BCUT2D eigenvalue weighted by atomic mass is 16.3. The third kappa shape index (κ3) is 4.10. The Morgan fingerprint density at radius 2 is 2.22 bits per heavy atom. The minimum absolute atomic E-state index is 0.145. The second kappa shape index (κ2) is 6.90. The van der Waals surface area contributed by atoms with E-state index in [9.17, 15) is 9.90 Å². The Hall–Kier alpha value is -0.870. The third-order valence-corrected chi connectivity index (χ3v) is 3.53. The maximum absolute atomic E-state index is 12.0. The summed E-state index contributed by atoms with van der Waals surface area (Å²) in [5.74, 6) is 0.171. The quantitative estimate of drug-likeness (QED) is 0.748. The van der Waals surface area contributed by atoms with E-state index in [2.05, 4.69) is 4.90 Å². The van der Waals surface area contributed by atoms with Crippen molar-refractivity contribution in [3.63, 3.8) is 0 Å². The van der Waals surface area contributed by atoms with Crippen molar-refractivity contribution in [2.75, 3.05) is 40.3 Å². The van der Waals surface area contributed by atoms with Gasteiger partial charge in [0.2, 0.25) is 5.91 Å². The zero-order chi connectivity index (χ0) is 13.6. The van der Waals surface area contributed by atoms with E-state index in [-0.39, 0.29) is 17.9 Å². The van der Waals surface area contributed by atoms with Crippen molar-refractivity contribution >= 4 is 5.91 Å². The zero-order valence-corrected chi connectivity index (χ0v) is 11.9. The van der Waals surface area contributed by atoms with Gasteiger partial charge in [-0.15, -0.1) is 0 Å². The monoisotopic (exact) mass is 254 g/mol. The number of piperidine rings is 1. The fraction of sp³-hybridized carbons (Fsp3) is 0.786. The molecule has 1 atom stereocenters. The molecule has 0 saturated carbocycles. The van der Waals surface area contributed by atoms with Gasteiger partial charge >= 0.3 is 0 Å². The Kier molecular flexibility index (Phi) is 5.82. The van der Waals surface area contributed by atoms with Crippen LogP contribution in [0.1, 0.15) is 26.2 Å². The SMILES string of the molecule is C/C=C/CC(=O)N1CCCC(CO)(CN(C)C)C1. The molecule has 1 amide bonds. The maximum atomic E-state index is 12.0. The molecule has 0 aromatic carbocycles. The van der Waals surface area contributed by atoms with Gasteiger partial charge < -0.3 is 14.9 Å². The summed E-state index contributed by atoms with van der Waals surface area (Å²) in [7, 11) is 4.02. The highest BCUT2D eigenvalue weighted by Crippen LogP contribution is 2.30. The van der Waals surface area contributed by atoms with Crippen LogP contribution in [0.2, 0.25) is 0 Å². The minimum atomic E-state index is -0.145. The largest absolute Gasteiger partial charge is 0.396 e. The van der Waals surface area contributed by atoms with Crippen molar-refractivity contribution in [3.8, 4) is 0 Å². The maximum Gasteiger partial charge on any atom is 0.226 e. The number of aliphatic hydroxyl groups is 1. The van der Waals surface area contributed by atoms with Crippen molar-refractivity contribution in [2.24, 2.45) is 5.41 Å². The summed E-state index contributed by atoms with van der Waals surface area (Å²) in [5.41, 5.74) is -0.145. The summed E-state index contributed by atoms with van der Waals surface area (Å²) in [4.78, 5) is 16.0. The first-order chi connectivity index (χ1) is 8.53. The van der Waals surface area contributed by atoms with E-state index in [1.54, 1.807) is 0 Å². The first-order valence-corrected chi connectivity index (χ1v) is 6.67. The molecule has 104 valence electrons. The lowest BCUT2D eigenvalue weighted by Crippen LogP contribution is -2.51. The molecule has 1 N–H and O–H groups in total. The zero-order valence-electron chi connectivity index (χ0n) is 11.9. The van der Waals surface area contributed by atoms with Crippen molar-refractivity contribution in [2.45, 2.75) is 26.2 Å². The Morgan fingerprint density at radius 3 is 2.78 bits per heavy atom. The average molecular weight is 254 g/mol. The standard InChI is InChI=1S/C14H26N2O2/c1-4-5-7-13(18)16-9-6-8-14(11-16,12-17)10-15(2)3/h4-5,17H,6-12H2,1-3H3/b5-4+. The molecule has 1 heterocycles. The van der Waals surface area contributed by atoms with Crippen LogP contribution < -0.4 is 0 Å². The number of carbonyl (C=O) groups is 1. The predicted molar refractivity (Wildman–Crippen MR) is 73.3 cm³/mol. The summed E-state index contributed by atoms with van der Waals surface area (Å²) in [6.45, 7) is 4.41.